The molecule has 3 aromatic rings. The zero-order chi connectivity index (χ0) is 20.5. The van der Waals surface area contributed by atoms with Gasteiger partial charge in [0.1, 0.15) is 0 Å². The minimum absolute atomic E-state index is 0.0421. The van der Waals surface area contributed by atoms with Crippen LogP contribution in [0.1, 0.15) is 22.3 Å². The van der Waals surface area contributed by atoms with Crippen LogP contribution in [-0.4, -0.2) is 8.42 Å². The second-order valence-corrected chi connectivity index (χ2v) is 9.44. The molecule has 6 heteroatoms. The van der Waals surface area contributed by atoms with Crippen LogP contribution in [0.3, 0.4) is 0 Å². The highest BCUT2D eigenvalue weighted by atomic mass is 35.5. The lowest BCUT2D eigenvalue weighted by atomic mass is 10.1. The number of hydrogen-bond donors (Lipinski definition) is 0. The number of sulfonamides is 1. The fourth-order valence-corrected chi connectivity index (χ4v) is 5.23. The molecule has 0 aliphatic heterocycles. The van der Waals surface area contributed by atoms with Crippen LogP contribution < -0.4 is 4.31 Å². The molecule has 3 rings (SSSR count). The van der Waals surface area contributed by atoms with Crippen molar-refractivity contribution >= 4 is 38.9 Å². The smallest absolute Gasteiger partial charge is 0.261 e. The Labute approximate surface area is 176 Å². The second-order valence-electron chi connectivity index (χ2n) is 6.77. The molecular weight excluding hydrogens is 413 g/mol. The minimum atomic E-state index is -3.83. The van der Waals surface area contributed by atoms with Gasteiger partial charge in [-0.2, -0.15) is 0 Å². The van der Waals surface area contributed by atoms with Gasteiger partial charge >= 0.3 is 0 Å². The van der Waals surface area contributed by atoms with E-state index in [1.807, 2.05) is 39.0 Å². The molecular formula is C22H21Cl2NO2S. The fourth-order valence-electron chi connectivity index (χ4n) is 3.15. The van der Waals surface area contributed by atoms with E-state index >= 15 is 0 Å². The van der Waals surface area contributed by atoms with Crippen LogP contribution in [0.15, 0.2) is 65.6 Å². The van der Waals surface area contributed by atoms with Crippen LogP contribution in [0.25, 0.3) is 0 Å². The van der Waals surface area contributed by atoms with Crippen molar-refractivity contribution in [3.05, 3.63) is 93.0 Å². The van der Waals surface area contributed by atoms with Crippen molar-refractivity contribution in [3.8, 4) is 0 Å². The third-order valence-electron chi connectivity index (χ3n) is 4.66. The maximum absolute atomic E-state index is 13.6. The number of rotatable bonds is 5. The Bertz CT molecular complexity index is 1070. The largest absolute Gasteiger partial charge is 0.264 e. The molecule has 0 radical (unpaired) electrons. The number of aryl methyl sites for hydroxylation is 3. The molecule has 146 valence electrons. The van der Waals surface area contributed by atoms with Crippen molar-refractivity contribution < 1.29 is 8.42 Å². The average Bonchev–Trinajstić information content (AvgIpc) is 2.63. The van der Waals surface area contributed by atoms with E-state index in [1.165, 1.54) is 4.31 Å². The summed E-state index contributed by atoms with van der Waals surface area (Å²) in [6, 6.07) is 17.7. The number of para-hydroxylation sites is 1. The van der Waals surface area contributed by atoms with Crippen molar-refractivity contribution in [3.63, 3.8) is 0 Å². The summed E-state index contributed by atoms with van der Waals surface area (Å²) >= 11 is 12.7. The Kier molecular flexibility index (Phi) is 6.04. The molecule has 0 unspecified atom stereocenters. The van der Waals surface area contributed by atoms with Gasteiger partial charge in [0.25, 0.3) is 10.0 Å². The van der Waals surface area contributed by atoms with E-state index in [-0.39, 0.29) is 11.4 Å². The van der Waals surface area contributed by atoms with Gasteiger partial charge in [-0.15, -0.1) is 0 Å². The normalized spacial score (nSPS) is 11.5. The Morgan fingerprint density at radius 3 is 1.82 bits per heavy atom. The molecule has 0 saturated heterocycles. The molecule has 0 heterocycles. The molecule has 3 nitrogen and oxygen atoms in total. The maximum atomic E-state index is 13.6. The Morgan fingerprint density at radius 1 is 0.786 bits per heavy atom. The molecule has 3 aromatic carbocycles. The second kappa shape index (κ2) is 8.16. The van der Waals surface area contributed by atoms with Crippen molar-refractivity contribution in [2.24, 2.45) is 0 Å². The van der Waals surface area contributed by atoms with Crippen LogP contribution in [0.5, 0.6) is 0 Å². The zero-order valence-corrected chi connectivity index (χ0v) is 18.2. The summed E-state index contributed by atoms with van der Waals surface area (Å²) in [4.78, 5) is 0.226. The standard InChI is InChI=1S/C22H21Cl2NO2S/c1-15-10-12-18(13-11-15)28(26,27)25(22-16(2)6-4-7-17(22)3)14-19-20(23)8-5-9-21(19)24/h4-13H,14H2,1-3H3. The summed E-state index contributed by atoms with van der Waals surface area (Å²) in [6.45, 7) is 5.76. The predicted molar refractivity (Wildman–Crippen MR) is 117 cm³/mol. The zero-order valence-electron chi connectivity index (χ0n) is 15.9. The van der Waals surface area contributed by atoms with Crippen molar-refractivity contribution in [2.75, 3.05) is 4.31 Å². The third kappa shape index (κ3) is 4.04. The number of benzene rings is 3. The van der Waals surface area contributed by atoms with Gasteiger partial charge in [0.15, 0.2) is 0 Å². The number of anilines is 1. The first-order valence-electron chi connectivity index (χ1n) is 8.80. The Morgan fingerprint density at radius 2 is 1.29 bits per heavy atom. The predicted octanol–water partition coefficient (Wildman–Crippen LogP) is 6.31. The van der Waals surface area contributed by atoms with Gasteiger partial charge < -0.3 is 0 Å². The molecule has 0 aliphatic carbocycles. The number of hydrogen-bond acceptors (Lipinski definition) is 2. The highest BCUT2D eigenvalue weighted by Gasteiger charge is 2.28. The van der Waals surface area contributed by atoms with E-state index < -0.39 is 10.0 Å². The lowest BCUT2D eigenvalue weighted by Crippen LogP contribution is -2.32. The Hall–Kier alpha value is -2.01. The summed E-state index contributed by atoms with van der Waals surface area (Å²) in [6.07, 6.45) is 0. The number of nitrogens with zero attached hydrogens (tertiary/aromatic N) is 1. The molecule has 28 heavy (non-hydrogen) atoms. The third-order valence-corrected chi connectivity index (χ3v) is 7.13. The molecule has 0 N–H and O–H groups in total. The van der Waals surface area contributed by atoms with E-state index in [4.69, 9.17) is 23.2 Å². The van der Waals surface area contributed by atoms with Crippen LogP contribution in [-0.2, 0) is 16.6 Å². The molecule has 0 aliphatic rings. The highest BCUT2D eigenvalue weighted by Crippen LogP contribution is 2.35. The molecule has 0 saturated carbocycles. The fraction of sp³-hybridized carbons (Fsp3) is 0.182. The summed E-state index contributed by atoms with van der Waals surface area (Å²) in [5, 5.41) is 0.866. The first-order chi connectivity index (χ1) is 13.2. The average molecular weight is 434 g/mol. The quantitative estimate of drug-likeness (QED) is 0.472. The van der Waals surface area contributed by atoms with Gasteiger partial charge in [0, 0.05) is 15.6 Å². The highest BCUT2D eigenvalue weighted by molar-refractivity contribution is 7.92. The van der Waals surface area contributed by atoms with Gasteiger partial charge in [-0.3, -0.25) is 4.31 Å². The van der Waals surface area contributed by atoms with Gasteiger partial charge in [-0.05, 0) is 56.2 Å². The van der Waals surface area contributed by atoms with E-state index in [2.05, 4.69) is 0 Å². The van der Waals surface area contributed by atoms with Gasteiger partial charge in [-0.1, -0.05) is 65.2 Å². The maximum Gasteiger partial charge on any atom is 0.264 e. The molecule has 0 amide bonds. The summed E-state index contributed by atoms with van der Waals surface area (Å²) in [7, 11) is -3.83. The van der Waals surface area contributed by atoms with Gasteiger partial charge in [0.05, 0.1) is 17.1 Å². The molecule has 0 bridgehead atoms. The van der Waals surface area contributed by atoms with Gasteiger partial charge in [0.2, 0.25) is 0 Å². The molecule has 0 spiro atoms. The SMILES string of the molecule is Cc1ccc(S(=O)(=O)N(Cc2c(Cl)cccc2Cl)c2c(C)cccc2C)cc1. The van der Waals surface area contributed by atoms with Gasteiger partial charge in [-0.25, -0.2) is 8.42 Å². The number of halogens is 2. The molecule has 0 atom stereocenters. The van der Waals surface area contributed by atoms with Crippen LogP contribution in [0.2, 0.25) is 10.0 Å². The lowest BCUT2D eigenvalue weighted by molar-refractivity contribution is 0.590. The summed E-state index contributed by atoms with van der Waals surface area (Å²) in [5.74, 6) is 0. The summed E-state index contributed by atoms with van der Waals surface area (Å²) in [5.41, 5.74) is 3.92. The van der Waals surface area contributed by atoms with E-state index in [0.29, 0.717) is 21.3 Å². The van der Waals surface area contributed by atoms with E-state index in [9.17, 15) is 8.42 Å². The summed E-state index contributed by atoms with van der Waals surface area (Å²) < 4.78 is 28.6. The van der Waals surface area contributed by atoms with E-state index in [0.717, 1.165) is 16.7 Å². The lowest BCUT2D eigenvalue weighted by Gasteiger charge is -2.28. The monoisotopic (exact) mass is 433 g/mol. The first-order valence-corrected chi connectivity index (χ1v) is 11.0. The molecule has 0 fully saturated rings. The first kappa shape index (κ1) is 20.7. The topological polar surface area (TPSA) is 37.4 Å². The van der Waals surface area contributed by atoms with Crippen molar-refractivity contribution in [2.45, 2.75) is 32.2 Å². The molecule has 0 aromatic heterocycles. The minimum Gasteiger partial charge on any atom is -0.261 e. The van der Waals surface area contributed by atoms with Crippen LogP contribution >= 0.6 is 23.2 Å². The van der Waals surface area contributed by atoms with Crippen LogP contribution in [0, 0.1) is 20.8 Å². The van der Waals surface area contributed by atoms with Crippen LogP contribution in [0.4, 0.5) is 5.69 Å². The van der Waals surface area contributed by atoms with Crippen molar-refractivity contribution in [1.82, 2.24) is 0 Å². The van der Waals surface area contributed by atoms with Crippen molar-refractivity contribution in [1.29, 1.82) is 0 Å². The van der Waals surface area contributed by atoms with E-state index in [1.54, 1.807) is 42.5 Å². The Balaban J connectivity index is 2.21.